The molecule has 0 fully saturated rings. The van der Waals surface area contributed by atoms with Crippen molar-refractivity contribution < 1.29 is 4.79 Å². The Bertz CT molecular complexity index is 680. The molecular weight excluding hydrogens is 676 g/mol. The highest BCUT2D eigenvalue weighted by atomic mass is 79.9. The van der Waals surface area contributed by atoms with Crippen molar-refractivity contribution in [1.29, 1.82) is 0 Å². The summed E-state index contributed by atoms with van der Waals surface area (Å²) in [6.45, 7) is 0. The maximum absolute atomic E-state index is 12.9. The van der Waals surface area contributed by atoms with E-state index in [-0.39, 0.29) is 5.78 Å². The summed E-state index contributed by atoms with van der Waals surface area (Å²) < 4.78 is 3.53. The molecule has 0 bridgehead atoms. The third-order valence-corrected chi connectivity index (χ3v) is 7.55. The zero-order valence-electron chi connectivity index (χ0n) is 10.9. The molecule has 0 unspecified atom stereocenters. The van der Waals surface area contributed by atoms with Crippen LogP contribution in [-0.4, -0.2) is 5.78 Å². The van der Waals surface area contributed by atoms with E-state index in [1.54, 1.807) is 0 Å². The van der Waals surface area contributed by atoms with Crippen molar-refractivity contribution in [2.75, 3.05) is 0 Å². The van der Waals surface area contributed by atoms with Crippen LogP contribution in [0.15, 0.2) is 42.2 Å². The van der Waals surface area contributed by atoms with Gasteiger partial charge in [0, 0.05) is 39.7 Å². The highest BCUT2D eigenvalue weighted by Crippen LogP contribution is 2.35. The molecule has 0 atom stereocenters. The highest BCUT2D eigenvalue weighted by molar-refractivity contribution is 9.11. The van der Waals surface area contributed by atoms with Crippen LogP contribution in [0.3, 0.4) is 0 Å². The van der Waals surface area contributed by atoms with Crippen LogP contribution < -0.4 is 0 Å². The molecule has 0 aliphatic carbocycles. The van der Waals surface area contributed by atoms with Gasteiger partial charge in [0.25, 0.3) is 0 Å². The number of carbonyl (C=O) groups excluding carboxylic acids is 1. The number of halogens is 6. The lowest BCUT2D eigenvalue weighted by Crippen LogP contribution is -2.06. The lowest BCUT2D eigenvalue weighted by atomic mass is 10.0. The van der Waals surface area contributed by atoms with Crippen LogP contribution in [0.1, 0.15) is 27.0 Å². The second-order valence-electron chi connectivity index (χ2n) is 4.37. The first kappa shape index (κ1) is 19.3. The Morgan fingerprint density at radius 2 is 1.09 bits per heavy atom. The number of rotatable bonds is 4. The Hall–Kier alpha value is 0.990. The fourth-order valence-corrected chi connectivity index (χ4v) is 7.41. The van der Waals surface area contributed by atoms with Gasteiger partial charge in [-0.15, -0.1) is 0 Å². The summed E-state index contributed by atoms with van der Waals surface area (Å²) in [6.07, 6.45) is 0. The summed E-state index contributed by atoms with van der Waals surface area (Å²) >= 11 is 21.0. The molecule has 0 spiro atoms. The number of carbonyl (C=O) groups is 1. The molecule has 0 N–H and O–H groups in total. The number of alkyl halides is 2. The van der Waals surface area contributed by atoms with E-state index in [4.69, 9.17) is 0 Å². The molecule has 0 aliphatic rings. The molecule has 7 heteroatoms. The summed E-state index contributed by atoms with van der Waals surface area (Å²) in [5.74, 6) is -0.0249. The lowest BCUT2D eigenvalue weighted by Gasteiger charge is -2.13. The van der Waals surface area contributed by atoms with Gasteiger partial charge >= 0.3 is 0 Å². The highest BCUT2D eigenvalue weighted by Gasteiger charge is 2.20. The van der Waals surface area contributed by atoms with Gasteiger partial charge in [-0.3, -0.25) is 4.79 Å². The van der Waals surface area contributed by atoms with Gasteiger partial charge in [-0.1, -0.05) is 63.7 Å². The van der Waals surface area contributed by atoms with E-state index in [0.29, 0.717) is 21.8 Å². The molecule has 2 rings (SSSR count). The van der Waals surface area contributed by atoms with Crippen molar-refractivity contribution in [1.82, 2.24) is 0 Å². The normalized spacial score (nSPS) is 10.8. The summed E-state index contributed by atoms with van der Waals surface area (Å²) in [5.41, 5.74) is 3.31. The fourth-order valence-electron chi connectivity index (χ4n) is 1.94. The van der Waals surface area contributed by atoms with E-state index in [0.717, 1.165) is 29.0 Å². The molecule has 22 heavy (non-hydrogen) atoms. The molecule has 0 aromatic heterocycles. The minimum atomic E-state index is -0.0249. The molecule has 2 aromatic carbocycles. The van der Waals surface area contributed by atoms with Gasteiger partial charge < -0.3 is 0 Å². The van der Waals surface area contributed by atoms with Crippen LogP contribution in [0, 0.1) is 0 Å². The number of hydrogen-bond donors (Lipinski definition) is 0. The van der Waals surface area contributed by atoms with Crippen molar-refractivity contribution >= 4 is 101 Å². The monoisotopic (exact) mass is 678 g/mol. The first-order valence-electron chi connectivity index (χ1n) is 6.02. The Labute approximate surface area is 179 Å². The van der Waals surface area contributed by atoms with Crippen LogP contribution in [0.25, 0.3) is 0 Å². The van der Waals surface area contributed by atoms with Crippen molar-refractivity contribution in [2.45, 2.75) is 10.7 Å². The van der Waals surface area contributed by atoms with Gasteiger partial charge in [-0.05, 0) is 67.3 Å². The van der Waals surface area contributed by atoms with E-state index in [1.165, 1.54) is 0 Å². The minimum Gasteiger partial charge on any atom is -0.289 e. The largest absolute Gasteiger partial charge is 0.289 e. The molecular formula is C15H8Br6O. The van der Waals surface area contributed by atoms with Gasteiger partial charge in [-0.25, -0.2) is 0 Å². The molecule has 0 aliphatic heterocycles. The van der Waals surface area contributed by atoms with E-state index in [1.807, 2.05) is 24.3 Å². The predicted octanol–water partition coefficient (Wildman–Crippen LogP) is 7.76. The summed E-state index contributed by atoms with van der Waals surface area (Å²) in [7, 11) is 0. The SMILES string of the molecule is O=C(c1ccc(Br)c(CBr)c1Br)c1ccc(Br)c(CBr)c1Br. The van der Waals surface area contributed by atoms with E-state index >= 15 is 0 Å². The van der Waals surface area contributed by atoms with Crippen molar-refractivity contribution in [3.63, 3.8) is 0 Å². The topological polar surface area (TPSA) is 17.1 Å². The van der Waals surface area contributed by atoms with Gasteiger partial charge in [0.1, 0.15) is 0 Å². The summed E-state index contributed by atoms with van der Waals surface area (Å²) in [6, 6.07) is 7.44. The van der Waals surface area contributed by atoms with E-state index in [2.05, 4.69) is 95.6 Å². The van der Waals surface area contributed by atoms with Crippen molar-refractivity contribution in [3.05, 3.63) is 64.4 Å². The predicted molar refractivity (Wildman–Crippen MR) is 112 cm³/mol. The molecule has 0 amide bonds. The van der Waals surface area contributed by atoms with Gasteiger partial charge in [-0.2, -0.15) is 0 Å². The van der Waals surface area contributed by atoms with Crippen molar-refractivity contribution in [2.24, 2.45) is 0 Å². The number of benzene rings is 2. The Kier molecular flexibility index (Phi) is 7.36. The Morgan fingerprint density at radius 3 is 1.41 bits per heavy atom. The molecule has 0 heterocycles. The minimum absolute atomic E-state index is 0.0249. The third kappa shape index (κ3) is 3.80. The summed E-state index contributed by atoms with van der Waals surface area (Å²) in [5, 5.41) is 1.31. The smallest absolute Gasteiger partial charge is 0.195 e. The van der Waals surface area contributed by atoms with Crippen LogP contribution in [0.5, 0.6) is 0 Å². The zero-order valence-corrected chi connectivity index (χ0v) is 20.4. The maximum Gasteiger partial charge on any atom is 0.195 e. The second-order valence-corrected chi connectivity index (χ2v) is 8.79. The average molecular weight is 684 g/mol. The quantitative estimate of drug-likeness (QED) is 0.238. The molecule has 116 valence electrons. The molecule has 1 nitrogen and oxygen atoms in total. The van der Waals surface area contributed by atoms with Crippen LogP contribution in [-0.2, 0) is 10.7 Å². The van der Waals surface area contributed by atoms with Crippen molar-refractivity contribution in [3.8, 4) is 0 Å². The van der Waals surface area contributed by atoms with E-state index < -0.39 is 0 Å². The first-order chi connectivity index (χ1) is 10.4. The molecule has 0 saturated heterocycles. The standard InChI is InChI=1S/C15H8Br6O/c16-5-9-11(18)3-1-7(13(9)20)15(22)8-2-4-12(19)10(6-17)14(8)21/h1-4H,5-6H2. The second kappa shape index (κ2) is 8.39. The number of ketones is 1. The zero-order chi connectivity index (χ0) is 16.4. The van der Waals surface area contributed by atoms with E-state index in [9.17, 15) is 4.79 Å². The van der Waals surface area contributed by atoms with Crippen LogP contribution in [0.4, 0.5) is 0 Å². The molecule has 0 radical (unpaired) electrons. The van der Waals surface area contributed by atoms with Gasteiger partial charge in [0.2, 0.25) is 0 Å². The Morgan fingerprint density at radius 1 is 0.727 bits per heavy atom. The average Bonchev–Trinajstić information content (AvgIpc) is 2.48. The lowest BCUT2D eigenvalue weighted by molar-refractivity contribution is 0.103. The Balaban J connectivity index is 2.59. The number of hydrogen-bond acceptors (Lipinski definition) is 1. The van der Waals surface area contributed by atoms with Gasteiger partial charge in [0.15, 0.2) is 5.78 Å². The van der Waals surface area contributed by atoms with Crippen LogP contribution >= 0.6 is 95.6 Å². The van der Waals surface area contributed by atoms with Crippen LogP contribution in [0.2, 0.25) is 0 Å². The maximum atomic E-state index is 12.9. The summed E-state index contributed by atoms with van der Waals surface area (Å²) in [4.78, 5) is 12.9. The molecule has 2 aromatic rings. The van der Waals surface area contributed by atoms with Gasteiger partial charge in [0.05, 0.1) is 0 Å². The molecule has 0 saturated carbocycles. The third-order valence-electron chi connectivity index (χ3n) is 3.13. The first-order valence-corrected chi connectivity index (χ1v) is 11.4. The fraction of sp³-hybridized carbons (Fsp3) is 0.133.